The molecule has 6 atom stereocenters. The Kier molecular flexibility index (Phi) is 7.44. The van der Waals surface area contributed by atoms with E-state index in [1.54, 1.807) is 12.1 Å². The van der Waals surface area contributed by atoms with Gasteiger partial charge in [-0.25, -0.2) is 13.1 Å². The molecule has 42 heavy (non-hydrogen) atoms. The van der Waals surface area contributed by atoms with E-state index in [1.807, 2.05) is 12.1 Å². The Labute approximate surface area is 253 Å². The molecule has 4 bridgehead atoms. The number of amides is 1. The van der Waals surface area contributed by atoms with E-state index in [2.05, 4.69) is 28.7 Å². The van der Waals surface area contributed by atoms with Crippen molar-refractivity contribution in [3.8, 4) is 5.75 Å². The quantitative estimate of drug-likeness (QED) is 0.453. The third kappa shape index (κ3) is 5.42. The number of carbonyl (C=O) groups excluding carboxylic acids is 1. The maximum absolute atomic E-state index is 13.2. The molecule has 1 saturated heterocycles. The summed E-state index contributed by atoms with van der Waals surface area (Å²) in [6, 6.07) is 11.5. The van der Waals surface area contributed by atoms with Crippen LogP contribution in [-0.2, 0) is 31.3 Å². The van der Waals surface area contributed by atoms with Crippen LogP contribution in [0.5, 0.6) is 5.75 Å². The van der Waals surface area contributed by atoms with Gasteiger partial charge in [-0.1, -0.05) is 17.7 Å². The monoisotopic (exact) mass is 614 g/mol. The highest BCUT2D eigenvalue weighted by atomic mass is 35.5. The molecule has 7 rings (SSSR count). The van der Waals surface area contributed by atoms with Crippen molar-refractivity contribution < 1.29 is 27.4 Å². The Hall–Kier alpha value is -2.33. The predicted molar refractivity (Wildman–Crippen MR) is 161 cm³/mol. The number of nitrogens with one attached hydrogen (secondary N) is 1. The van der Waals surface area contributed by atoms with Gasteiger partial charge < -0.3 is 19.1 Å². The lowest BCUT2D eigenvalue weighted by molar-refractivity contribution is -0.146. The van der Waals surface area contributed by atoms with Crippen LogP contribution in [0.1, 0.15) is 66.9 Å². The molecule has 1 amide bonds. The van der Waals surface area contributed by atoms with Crippen LogP contribution in [0.3, 0.4) is 0 Å². The number of carbonyl (C=O) groups is 1. The van der Waals surface area contributed by atoms with E-state index in [0.717, 1.165) is 74.5 Å². The summed E-state index contributed by atoms with van der Waals surface area (Å²) in [6.07, 6.45) is 6.85. The molecule has 5 aliphatic rings. The van der Waals surface area contributed by atoms with E-state index in [9.17, 15) is 13.2 Å². The molecule has 2 fully saturated rings. The van der Waals surface area contributed by atoms with Crippen molar-refractivity contribution in [1.29, 1.82) is 0 Å². The van der Waals surface area contributed by atoms with E-state index in [-0.39, 0.29) is 36.1 Å². The Balaban J connectivity index is 1.29. The molecule has 8 nitrogen and oxygen atoms in total. The lowest BCUT2D eigenvalue weighted by atomic mass is 9.67. The number of fused-ring (bicyclic) bond motifs is 7. The first-order valence-corrected chi connectivity index (χ1v) is 17.3. The highest BCUT2D eigenvalue weighted by Crippen LogP contribution is 2.48. The maximum atomic E-state index is 13.2. The fraction of sp³-hybridized carbons (Fsp3) is 0.594. The van der Waals surface area contributed by atoms with Crippen LogP contribution in [0.2, 0.25) is 5.02 Å². The summed E-state index contributed by atoms with van der Waals surface area (Å²) in [6.45, 7) is 4.21. The number of aryl methyl sites for hydroxylation is 1. The number of halogens is 1. The number of anilines is 1. The minimum Gasteiger partial charge on any atom is -0.490 e. The van der Waals surface area contributed by atoms with Crippen molar-refractivity contribution >= 4 is 33.2 Å². The largest absolute Gasteiger partial charge is 0.490 e. The van der Waals surface area contributed by atoms with Gasteiger partial charge in [0.2, 0.25) is 10.0 Å². The summed E-state index contributed by atoms with van der Waals surface area (Å²) in [5, 5.41) is 0.751. The molecule has 0 aromatic heterocycles. The lowest BCUT2D eigenvalue weighted by Gasteiger charge is -2.48. The number of benzene rings is 2. The zero-order valence-corrected chi connectivity index (χ0v) is 25.6. The molecule has 1 N–H and O–H groups in total. The number of hydrogen-bond donors (Lipinski definition) is 1. The number of nitrogens with zero attached hydrogens (tertiary/aromatic N) is 1. The Bertz CT molecular complexity index is 1480. The van der Waals surface area contributed by atoms with Gasteiger partial charge in [-0.3, -0.25) is 4.79 Å². The van der Waals surface area contributed by atoms with E-state index in [4.69, 9.17) is 25.8 Å². The van der Waals surface area contributed by atoms with Gasteiger partial charge in [-0.15, -0.1) is 0 Å². The first-order chi connectivity index (χ1) is 20.2. The van der Waals surface area contributed by atoms with Gasteiger partial charge in [0.1, 0.15) is 5.75 Å². The standard InChI is InChI=1S/C32H39ClN2O6S/c1-20-13-25-16-30(41-20)26-7-4-23(26)17-35-18-32(10-2-3-21-14-24(33)6-8-27(21)32)19-40-29-9-5-22(15-28(29)35)31(36)34-42(37,38)12-11-39-25/h5-6,8-9,14-15,20,23,25-26,30H,2-4,7,10-13,16-19H2,1H3,(H,34,36)/t20-,23-,25+,26+,30+,32-/m0/s1. The van der Waals surface area contributed by atoms with Gasteiger partial charge >= 0.3 is 0 Å². The predicted octanol–water partition coefficient (Wildman–Crippen LogP) is 4.87. The van der Waals surface area contributed by atoms with Crippen LogP contribution >= 0.6 is 11.6 Å². The van der Waals surface area contributed by atoms with Gasteiger partial charge in [0.15, 0.2) is 0 Å². The highest BCUT2D eigenvalue weighted by molar-refractivity contribution is 7.90. The normalized spacial score (nSPS) is 34.2. The van der Waals surface area contributed by atoms with Crippen molar-refractivity contribution in [3.05, 3.63) is 58.1 Å². The summed E-state index contributed by atoms with van der Waals surface area (Å²) < 4.78 is 47.0. The van der Waals surface area contributed by atoms with Crippen molar-refractivity contribution in [1.82, 2.24) is 4.72 Å². The van der Waals surface area contributed by atoms with Crippen LogP contribution in [-0.4, -0.2) is 64.7 Å². The summed E-state index contributed by atoms with van der Waals surface area (Å²) >= 11 is 6.41. The van der Waals surface area contributed by atoms with Crippen LogP contribution in [0, 0.1) is 11.8 Å². The van der Waals surface area contributed by atoms with Crippen molar-refractivity contribution in [2.24, 2.45) is 11.8 Å². The van der Waals surface area contributed by atoms with Gasteiger partial charge in [0, 0.05) is 35.5 Å². The summed E-state index contributed by atoms with van der Waals surface area (Å²) in [5.41, 5.74) is 3.48. The molecule has 0 radical (unpaired) electrons. The topological polar surface area (TPSA) is 94.2 Å². The minimum absolute atomic E-state index is 0.0430. The Morgan fingerprint density at radius 1 is 1.12 bits per heavy atom. The van der Waals surface area contributed by atoms with Crippen LogP contribution in [0.4, 0.5) is 5.69 Å². The first kappa shape index (κ1) is 28.4. The van der Waals surface area contributed by atoms with E-state index < -0.39 is 15.9 Å². The second kappa shape index (κ2) is 11.0. The number of sulfonamides is 1. The zero-order chi connectivity index (χ0) is 29.1. The molecule has 0 unspecified atom stereocenters. The molecule has 2 aromatic rings. The molecule has 3 aliphatic heterocycles. The highest BCUT2D eigenvalue weighted by Gasteiger charge is 2.46. The number of hydrogen-bond acceptors (Lipinski definition) is 7. The van der Waals surface area contributed by atoms with Crippen LogP contribution < -0.4 is 14.4 Å². The zero-order valence-electron chi connectivity index (χ0n) is 24.0. The molecule has 10 heteroatoms. The third-order valence-electron chi connectivity index (χ3n) is 10.2. The van der Waals surface area contributed by atoms with Crippen molar-refractivity contribution in [2.75, 3.05) is 37.0 Å². The van der Waals surface area contributed by atoms with Gasteiger partial charge in [0.05, 0.1) is 43.0 Å². The summed E-state index contributed by atoms with van der Waals surface area (Å²) in [4.78, 5) is 15.6. The number of ether oxygens (including phenoxy) is 3. The fourth-order valence-electron chi connectivity index (χ4n) is 7.97. The first-order valence-electron chi connectivity index (χ1n) is 15.3. The van der Waals surface area contributed by atoms with Crippen LogP contribution in [0.25, 0.3) is 0 Å². The molecule has 1 spiro atoms. The van der Waals surface area contributed by atoms with Gasteiger partial charge in [0.25, 0.3) is 5.91 Å². The van der Waals surface area contributed by atoms with Gasteiger partial charge in [-0.2, -0.15) is 0 Å². The minimum atomic E-state index is -3.87. The smallest absolute Gasteiger partial charge is 0.264 e. The fourth-order valence-corrected chi connectivity index (χ4v) is 8.98. The molecular weight excluding hydrogens is 576 g/mol. The molecule has 2 aliphatic carbocycles. The molecule has 2 aromatic carbocycles. The molecule has 226 valence electrons. The second-order valence-corrected chi connectivity index (χ2v) is 15.3. The third-order valence-corrected chi connectivity index (χ3v) is 11.6. The van der Waals surface area contributed by atoms with E-state index in [0.29, 0.717) is 24.0 Å². The average molecular weight is 615 g/mol. The Morgan fingerprint density at radius 2 is 2.00 bits per heavy atom. The number of rotatable bonds is 0. The van der Waals surface area contributed by atoms with E-state index in [1.165, 1.54) is 11.1 Å². The van der Waals surface area contributed by atoms with Gasteiger partial charge in [-0.05, 0) is 98.7 Å². The van der Waals surface area contributed by atoms with Crippen molar-refractivity contribution in [2.45, 2.75) is 75.6 Å². The van der Waals surface area contributed by atoms with Crippen molar-refractivity contribution in [3.63, 3.8) is 0 Å². The molecule has 1 saturated carbocycles. The lowest BCUT2D eigenvalue weighted by Crippen LogP contribution is -2.51. The summed E-state index contributed by atoms with van der Waals surface area (Å²) in [7, 11) is -3.87. The SMILES string of the molecule is C[C@H]1C[C@@H]2C[C@@H](O1)[C@@H]1CC[C@H]1CN1C[C@@]3(CCCc4cc(Cl)ccc43)COc3ccc(cc31)C(=O)NS(=O)(=O)CCO2. The second-order valence-electron chi connectivity index (χ2n) is 13.0. The summed E-state index contributed by atoms with van der Waals surface area (Å²) in [5.74, 6) is 0.655. The molecule has 3 heterocycles. The maximum Gasteiger partial charge on any atom is 0.264 e. The Morgan fingerprint density at radius 3 is 2.83 bits per heavy atom. The average Bonchev–Trinajstić information content (AvgIpc) is 3.07. The van der Waals surface area contributed by atoms with E-state index >= 15 is 0 Å². The molecular formula is C32H39ClN2O6S. The van der Waals surface area contributed by atoms with Crippen LogP contribution in [0.15, 0.2) is 36.4 Å².